The Bertz CT molecular complexity index is 1420. The second-order valence-corrected chi connectivity index (χ2v) is 12.5. The molecule has 6 rings (SSSR count). The van der Waals surface area contributed by atoms with E-state index in [9.17, 15) is 26.3 Å². The van der Waals surface area contributed by atoms with Crippen LogP contribution in [0.1, 0.15) is 86.9 Å². The average Bonchev–Trinajstić information content (AvgIpc) is 3.65. The maximum Gasteiger partial charge on any atom is 0.416 e. The molecule has 3 heterocycles. The number of nitrogens with two attached hydrogens (primary N) is 1. The summed E-state index contributed by atoms with van der Waals surface area (Å²) in [5.41, 5.74) is 5.05. The minimum atomic E-state index is -4.86. The Morgan fingerprint density at radius 1 is 0.745 bits per heavy atom. The van der Waals surface area contributed by atoms with Crippen LogP contribution in [0.2, 0.25) is 0 Å². The van der Waals surface area contributed by atoms with E-state index < -0.39 is 23.5 Å². The van der Waals surface area contributed by atoms with Crippen LogP contribution < -0.4 is 16.4 Å². The first-order valence-electron chi connectivity index (χ1n) is 15.5. The molecule has 264 valence electrons. The van der Waals surface area contributed by atoms with Crippen molar-refractivity contribution in [3.63, 3.8) is 0 Å². The average molecular weight is 734 g/mol. The molecule has 0 amide bonds. The number of anilines is 2. The van der Waals surface area contributed by atoms with Gasteiger partial charge in [0.25, 0.3) is 0 Å². The minimum Gasteiger partial charge on any atom is -0.365 e. The van der Waals surface area contributed by atoms with Gasteiger partial charge in [0.15, 0.2) is 17.0 Å². The molecule has 2 aliphatic carbocycles. The number of likely N-dealkylation sites (tertiary alicyclic amines) is 1. The molecular formula is C30H41Cl3F6N8. The molecule has 2 saturated carbocycles. The predicted molar refractivity (Wildman–Crippen MR) is 177 cm³/mol. The van der Waals surface area contributed by atoms with Crippen molar-refractivity contribution in [2.45, 2.75) is 107 Å². The molecule has 0 atom stereocenters. The largest absolute Gasteiger partial charge is 0.416 e. The first-order chi connectivity index (χ1) is 20.9. The molecule has 0 bridgehead atoms. The van der Waals surface area contributed by atoms with Crippen LogP contribution in [0.25, 0.3) is 11.2 Å². The smallest absolute Gasteiger partial charge is 0.365 e. The van der Waals surface area contributed by atoms with Gasteiger partial charge in [0, 0.05) is 43.8 Å². The summed E-state index contributed by atoms with van der Waals surface area (Å²) in [6, 6.07) is 2.61. The van der Waals surface area contributed by atoms with E-state index in [4.69, 9.17) is 20.7 Å². The van der Waals surface area contributed by atoms with Crippen molar-refractivity contribution in [1.29, 1.82) is 0 Å². The second-order valence-electron chi connectivity index (χ2n) is 12.5. The summed E-state index contributed by atoms with van der Waals surface area (Å²) in [5, 5.41) is 7.06. The molecule has 1 saturated heterocycles. The molecule has 2 aromatic heterocycles. The molecule has 17 heteroatoms. The summed E-state index contributed by atoms with van der Waals surface area (Å²) in [7, 11) is 0. The van der Waals surface area contributed by atoms with E-state index in [2.05, 4.69) is 15.2 Å². The fraction of sp³-hybridized carbons (Fsp3) is 0.633. The van der Waals surface area contributed by atoms with Crippen LogP contribution >= 0.6 is 37.2 Å². The zero-order valence-corrected chi connectivity index (χ0v) is 28.1. The molecular weight excluding hydrogens is 693 g/mol. The third-order valence-corrected chi connectivity index (χ3v) is 9.23. The Morgan fingerprint density at radius 2 is 1.32 bits per heavy atom. The lowest BCUT2D eigenvalue weighted by Gasteiger charge is -2.32. The number of fused-ring (bicyclic) bond motifs is 1. The van der Waals surface area contributed by atoms with Crippen LogP contribution in [0, 0.1) is 0 Å². The fourth-order valence-corrected chi connectivity index (χ4v) is 6.78. The van der Waals surface area contributed by atoms with E-state index >= 15 is 0 Å². The Balaban J connectivity index is 0.00000200. The molecule has 4 N–H and O–H groups in total. The van der Waals surface area contributed by atoms with Crippen LogP contribution in [0.5, 0.6) is 0 Å². The number of imidazole rings is 1. The summed E-state index contributed by atoms with van der Waals surface area (Å²) in [6.07, 6.45) is 1.71. The maximum atomic E-state index is 13.3. The molecule has 8 nitrogen and oxygen atoms in total. The van der Waals surface area contributed by atoms with Gasteiger partial charge in [0.1, 0.15) is 0 Å². The van der Waals surface area contributed by atoms with Gasteiger partial charge in [-0.05, 0) is 75.1 Å². The second kappa shape index (κ2) is 16.0. The van der Waals surface area contributed by atoms with Crippen molar-refractivity contribution < 1.29 is 26.3 Å². The Kier molecular flexibility index (Phi) is 13.3. The summed E-state index contributed by atoms with van der Waals surface area (Å²) < 4.78 is 82.1. The SMILES string of the molecule is Cl.Cl.Cl.NC1CCC(Nc2nc(NC3CCN(Cc4cc(C(F)(F)F)cc(C(F)(F)F)c4)CC3)nc3c2ncn3C2CCCC2)CC1. The Morgan fingerprint density at radius 3 is 1.89 bits per heavy atom. The van der Waals surface area contributed by atoms with Gasteiger partial charge in [0.2, 0.25) is 5.95 Å². The monoisotopic (exact) mass is 732 g/mol. The molecule has 0 radical (unpaired) electrons. The van der Waals surface area contributed by atoms with Gasteiger partial charge in [0.05, 0.1) is 17.5 Å². The standard InChI is InChI=1S/C30H38F6N8.3ClH/c31-29(32,33)19-13-18(14-20(15-19)30(34,35)36)16-43-11-9-23(10-12-43)40-28-41-26(39-22-7-5-21(37)6-8-22)25-27(42-28)44(17-38-25)24-3-1-2-4-24;;;/h13-15,17,21-24H,1-12,16,37H2,(H2,39,40,41,42);3*1H. The quantitative estimate of drug-likeness (QED) is 0.212. The number of hydrogen-bond donors (Lipinski definition) is 3. The van der Waals surface area contributed by atoms with Crippen molar-refractivity contribution in [2.24, 2.45) is 5.73 Å². The summed E-state index contributed by atoms with van der Waals surface area (Å²) in [5.74, 6) is 1.18. The van der Waals surface area contributed by atoms with Crippen molar-refractivity contribution >= 4 is 60.2 Å². The molecule has 1 aliphatic heterocycles. The highest BCUT2D eigenvalue weighted by molar-refractivity contribution is 5.86. The number of nitrogens with one attached hydrogen (secondary N) is 2. The number of benzene rings is 1. The van der Waals surface area contributed by atoms with Crippen molar-refractivity contribution in [1.82, 2.24) is 24.4 Å². The zero-order valence-electron chi connectivity index (χ0n) is 25.6. The third kappa shape index (κ3) is 9.46. The summed E-state index contributed by atoms with van der Waals surface area (Å²) in [6.45, 7) is 1.01. The highest BCUT2D eigenvalue weighted by atomic mass is 35.5. The minimum absolute atomic E-state index is 0. The van der Waals surface area contributed by atoms with Gasteiger partial charge in [-0.3, -0.25) is 4.90 Å². The van der Waals surface area contributed by atoms with Crippen LogP contribution in [0.3, 0.4) is 0 Å². The van der Waals surface area contributed by atoms with E-state index in [1.54, 1.807) is 0 Å². The Labute approximate surface area is 288 Å². The number of rotatable bonds is 7. The van der Waals surface area contributed by atoms with E-state index in [-0.39, 0.29) is 73.5 Å². The van der Waals surface area contributed by atoms with Crippen molar-refractivity contribution in [3.8, 4) is 0 Å². The van der Waals surface area contributed by atoms with E-state index in [0.29, 0.717) is 43.7 Å². The predicted octanol–water partition coefficient (Wildman–Crippen LogP) is 8.00. The maximum absolute atomic E-state index is 13.3. The van der Waals surface area contributed by atoms with Gasteiger partial charge in [-0.2, -0.15) is 36.3 Å². The fourth-order valence-electron chi connectivity index (χ4n) is 6.78. The van der Waals surface area contributed by atoms with Gasteiger partial charge in [-0.25, -0.2) is 4.98 Å². The lowest BCUT2D eigenvalue weighted by molar-refractivity contribution is -0.143. The molecule has 3 fully saturated rings. The summed E-state index contributed by atoms with van der Waals surface area (Å²) >= 11 is 0. The molecule has 1 aromatic carbocycles. The van der Waals surface area contributed by atoms with E-state index in [1.165, 1.54) is 12.8 Å². The first-order valence-corrected chi connectivity index (χ1v) is 15.5. The highest BCUT2D eigenvalue weighted by Crippen LogP contribution is 2.37. The normalized spacial score (nSPS) is 21.5. The number of alkyl halides is 6. The topological polar surface area (TPSA) is 96.9 Å². The third-order valence-electron chi connectivity index (χ3n) is 9.23. The van der Waals surface area contributed by atoms with Crippen LogP contribution in [0.15, 0.2) is 24.5 Å². The van der Waals surface area contributed by atoms with E-state index in [1.807, 2.05) is 11.2 Å². The Hall–Kier alpha value is -2.26. The van der Waals surface area contributed by atoms with E-state index in [0.717, 1.165) is 61.8 Å². The number of nitrogens with zero attached hydrogens (tertiary/aromatic N) is 5. The molecule has 0 unspecified atom stereocenters. The highest BCUT2D eigenvalue weighted by Gasteiger charge is 2.37. The van der Waals surface area contributed by atoms with Crippen LogP contribution in [0.4, 0.5) is 38.1 Å². The van der Waals surface area contributed by atoms with Gasteiger partial charge < -0.3 is 20.9 Å². The molecule has 3 aliphatic rings. The lowest BCUT2D eigenvalue weighted by atomic mass is 9.92. The molecule has 47 heavy (non-hydrogen) atoms. The van der Waals surface area contributed by atoms with Crippen LogP contribution in [-0.2, 0) is 18.9 Å². The lowest BCUT2D eigenvalue weighted by Crippen LogP contribution is -2.39. The number of piperidine rings is 1. The van der Waals surface area contributed by atoms with Crippen molar-refractivity contribution in [2.75, 3.05) is 23.7 Å². The zero-order chi connectivity index (χ0) is 31.1. The first kappa shape index (κ1) is 39.2. The van der Waals surface area contributed by atoms with Gasteiger partial charge in [-0.1, -0.05) is 12.8 Å². The number of aromatic nitrogens is 4. The molecule has 3 aromatic rings. The van der Waals surface area contributed by atoms with Gasteiger partial charge in [-0.15, -0.1) is 37.2 Å². The summed E-state index contributed by atoms with van der Waals surface area (Å²) in [4.78, 5) is 16.3. The number of halogens is 9. The van der Waals surface area contributed by atoms with Crippen molar-refractivity contribution in [3.05, 3.63) is 41.2 Å². The molecule has 0 spiro atoms. The van der Waals surface area contributed by atoms with Gasteiger partial charge >= 0.3 is 12.4 Å². The number of hydrogen-bond acceptors (Lipinski definition) is 7. The van der Waals surface area contributed by atoms with Crippen LogP contribution in [-0.4, -0.2) is 55.6 Å².